The van der Waals surface area contributed by atoms with Gasteiger partial charge in [-0.05, 0) is 6.07 Å². The molecule has 1 N–H and O–H groups in total. The van der Waals surface area contributed by atoms with Crippen LogP contribution in [0, 0.1) is 17.1 Å². The number of hydrogen-bond donors (Lipinski definition) is 1. The van der Waals surface area contributed by atoms with Gasteiger partial charge in [0, 0.05) is 6.07 Å². The third-order valence-corrected chi connectivity index (χ3v) is 1.08. The molecule has 0 bridgehead atoms. The highest BCUT2D eigenvalue weighted by Crippen LogP contribution is 1.93. The lowest BCUT2D eigenvalue weighted by molar-refractivity contribution is -0.958. The minimum Gasteiger partial charge on any atom is -0.200 e. The molecule has 1 aromatic rings. The fraction of sp³-hybridized carbons (Fsp3) is 0. The van der Waals surface area contributed by atoms with E-state index in [1.165, 1.54) is 6.07 Å². The molecule has 0 aliphatic rings. The molecule has 0 aromatic carbocycles. The minimum atomic E-state index is -0.599. The SMILES string of the molecule is N#Cc1ccc(F)c[n+]1OO. The van der Waals surface area contributed by atoms with Gasteiger partial charge in [-0.25, -0.2) is 4.39 Å². The van der Waals surface area contributed by atoms with E-state index in [-0.39, 0.29) is 5.69 Å². The summed E-state index contributed by atoms with van der Waals surface area (Å²) in [6, 6.07) is 3.96. The molecule has 56 valence electrons. The number of aromatic nitrogens is 1. The predicted octanol–water partition coefficient (Wildman–Crippen LogP) is -0.114. The number of pyridine rings is 1. The number of rotatable bonds is 1. The lowest BCUT2D eigenvalue weighted by atomic mass is 10.4. The summed E-state index contributed by atoms with van der Waals surface area (Å²) < 4.78 is 13.0. The number of halogens is 1. The first-order valence-electron chi connectivity index (χ1n) is 2.71. The first-order valence-corrected chi connectivity index (χ1v) is 2.71. The van der Waals surface area contributed by atoms with Crippen molar-refractivity contribution >= 4 is 0 Å². The molecule has 0 amide bonds. The van der Waals surface area contributed by atoms with E-state index in [1.54, 1.807) is 6.07 Å². The lowest BCUT2D eigenvalue weighted by Crippen LogP contribution is -2.44. The second-order valence-electron chi connectivity index (χ2n) is 1.75. The van der Waals surface area contributed by atoms with Crippen LogP contribution < -0.4 is 9.72 Å². The van der Waals surface area contributed by atoms with E-state index in [4.69, 9.17) is 10.5 Å². The maximum Gasteiger partial charge on any atom is 0.337 e. The van der Waals surface area contributed by atoms with Gasteiger partial charge < -0.3 is 0 Å². The van der Waals surface area contributed by atoms with Crippen LogP contribution in [0.5, 0.6) is 0 Å². The fourth-order valence-corrected chi connectivity index (χ4v) is 0.611. The molecule has 0 aliphatic heterocycles. The predicted molar refractivity (Wildman–Crippen MR) is 30.5 cm³/mol. The molecule has 0 aliphatic carbocycles. The summed E-state index contributed by atoms with van der Waals surface area (Å²) in [7, 11) is 0. The number of hydrogen-bond acceptors (Lipinski definition) is 3. The zero-order valence-corrected chi connectivity index (χ0v) is 5.36. The van der Waals surface area contributed by atoms with Crippen LogP contribution >= 0.6 is 0 Å². The molecule has 1 heterocycles. The maximum atomic E-state index is 12.3. The van der Waals surface area contributed by atoms with Crippen molar-refractivity contribution < 1.29 is 19.4 Å². The second kappa shape index (κ2) is 2.94. The summed E-state index contributed by atoms with van der Waals surface area (Å²) in [6.07, 6.45) is 0.846. The molecule has 0 unspecified atom stereocenters. The molecule has 4 nitrogen and oxygen atoms in total. The van der Waals surface area contributed by atoms with E-state index in [0.717, 1.165) is 12.3 Å². The molecule has 0 radical (unpaired) electrons. The molecular weight excluding hydrogens is 151 g/mol. The van der Waals surface area contributed by atoms with Gasteiger partial charge in [0.05, 0.1) is 4.73 Å². The summed E-state index contributed by atoms with van der Waals surface area (Å²) in [6.45, 7) is 0. The van der Waals surface area contributed by atoms with Gasteiger partial charge in [-0.1, -0.05) is 4.99 Å². The Labute approximate surface area is 61.6 Å². The first-order chi connectivity index (χ1) is 5.27. The monoisotopic (exact) mass is 155 g/mol. The Kier molecular flexibility index (Phi) is 1.99. The van der Waals surface area contributed by atoms with Gasteiger partial charge in [0.15, 0.2) is 11.9 Å². The van der Waals surface area contributed by atoms with Gasteiger partial charge in [-0.2, -0.15) is 5.26 Å². The quantitative estimate of drug-likeness (QED) is 0.349. The summed E-state index contributed by atoms with van der Waals surface area (Å²) in [5, 5.41) is 16.5. The van der Waals surface area contributed by atoms with Crippen LogP contribution in [0.3, 0.4) is 0 Å². The largest absolute Gasteiger partial charge is 0.337 e. The van der Waals surface area contributed by atoms with Crippen LogP contribution in [0.1, 0.15) is 5.69 Å². The van der Waals surface area contributed by atoms with Crippen molar-refractivity contribution in [2.45, 2.75) is 0 Å². The Balaban J connectivity index is 3.19. The second-order valence-corrected chi connectivity index (χ2v) is 1.75. The van der Waals surface area contributed by atoms with Crippen LogP contribution in [-0.4, -0.2) is 5.26 Å². The van der Waals surface area contributed by atoms with E-state index in [1.807, 2.05) is 0 Å². The summed E-state index contributed by atoms with van der Waals surface area (Å²) in [5.41, 5.74) is 0.00824. The Morgan fingerprint density at radius 3 is 2.91 bits per heavy atom. The highest BCUT2D eigenvalue weighted by molar-refractivity contribution is 5.13. The molecule has 11 heavy (non-hydrogen) atoms. The molecule has 0 saturated carbocycles. The van der Waals surface area contributed by atoms with Crippen molar-refractivity contribution in [3.63, 3.8) is 0 Å². The van der Waals surface area contributed by atoms with Crippen molar-refractivity contribution in [1.29, 1.82) is 5.26 Å². The zero-order chi connectivity index (χ0) is 8.27. The smallest absolute Gasteiger partial charge is 0.200 e. The standard InChI is InChI=1S/C6H3FN2O2/c7-5-1-2-6(3-8)9(4-5)11-10/h1-2,4H/p+1. The van der Waals surface area contributed by atoms with Crippen molar-refractivity contribution in [2.24, 2.45) is 0 Å². The molecular formula is C6H4FN2O2+. The Morgan fingerprint density at radius 1 is 1.64 bits per heavy atom. The van der Waals surface area contributed by atoms with Gasteiger partial charge in [0.25, 0.3) is 6.20 Å². The highest BCUT2D eigenvalue weighted by Gasteiger charge is 2.12. The molecule has 1 rings (SSSR count). The van der Waals surface area contributed by atoms with Crippen molar-refractivity contribution in [1.82, 2.24) is 0 Å². The molecule has 0 atom stereocenters. The average Bonchev–Trinajstić information content (AvgIpc) is 2.04. The van der Waals surface area contributed by atoms with Gasteiger partial charge in [-0.3, -0.25) is 0 Å². The van der Waals surface area contributed by atoms with Gasteiger partial charge >= 0.3 is 5.69 Å². The lowest BCUT2D eigenvalue weighted by Gasteiger charge is -1.88. The highest BCUT2D eigenvalue weighted by atomic mass is 19.1. The number of nitrogens with zero attached hydrogens (tertiary/aromatic N) is 2. The summed E-state index contributed by atoms with van der Waals surface area (Å²) in [5.74, 6) is -0.599. The zero-order valence-electron chi connectivity index (χ0n) is 5.36. The third-order valence-electron chi connectivity index (χ3n) is 1.08. The first kappa shape index (κ1) is 7.44. The van der Waals surface area contributed by atoms with Crippen LogP contribution in [0.25, 0.3) is 0 Å². The summed E-state index contributed by atoms with van der Waals surface area (Å²) >= 11 is 0. The summed E-state index contributed by atoms with van der Waals surface area (Å²) in [4.78, 5) is 3.67. The van der Waals surface area contributed by atoms with E-state index in [2.05, 4.69) is 4.99 Å². The van der Waals surface area contributed by atoms with E-state index < -0.39 is 5.82 Å². The van der Waals surface area contributed by atoms with Crippen LogP contribution in [0.4, 0.5) is 4.39 Å². The molecule has 0 spiro atoms. The Bertz CT molecular complexity index is 308. The Hall–Kier alpha value is -1.67. The van der Waals surface area contributed by atoms with E-state index >= 15 is 0 Å². The van der Waals surface area contributed by atoms with Crippen molar-refractivity contribution in [3.8, 4) is 6.07 Å². The van der Waals surface area contributed by atoms with Crippen LogP contribution in [0.2, 0.25) is 0 Å². The van der Waals surface area contributed by atoms with Gasteiger partial charge in [0.2, 0.25) is 0 Å². The molecule has 5 heteroatoms. The molecule has 0 fully saturated rings. The molecule has 0 saturated heterocycles. The third kappa shape index (κ3) is 1.42. The van der Waals surface area contributed by atoms with Crippen LogP contribution in [-0.2, 0) is 0 Å². The number of nitriles is 1. The van der Waals surface area contributed by atoms with Crippen molar-refractivity contribution in [3.05, 3.63) is 29.8 Å². The Morgan fingerprint density at radius 2 is 2.36 bits per heavy atom. The van der Waals surface area contributed by atoms with E-state index in [0.29, 0.717) is 4.73 Å². The average molecular weight is 155 g/mol. The van der Waals surface area contributed by atoms with Gasteiger partial charge in [0.1, 0.15) is 0 Å². The van der Waals surface area contributed by atoms with E-state index in [9.17, 15) is 4.39 Å². The normalized spacial score (nSPS) is 8.82. The van der Waals surface area contributed by atoms with Crippen LogP contribution in [0.15, 0.2) is 18.3 Å². The van der Waals surface area contributed by atoms with Gasteiger partial charge in [-0.15, -0.1) is 5.26 Å². The minimum absolute atomic E-state index is 0.00824. The maximum absolute atomic E-state index is 12.3. The topological polar surface area (TPSA) is 57.1 Å². The fourth-order valence-electron chi connectivity index (χ4n) is 0.611. The van der Waals surface area contributed by atoms with Crippen molar-refractivity contribution in [2.75, 3.05) is 0 Å². The molecule has 1 aromatic heterocycles.